The third-order valence-electron chi connectivity index (χ3n) is 5.57. The fourth-order valence-electron chi connectivity index (χ4n) is 3.66. The van der Waals surface area contributed by atoms with Gasteiger partial charge in [0.2, 0.25) is 0 Å². The van der Waals surface area contributed by atoms with Gasteiger partial charge in [-0.1, -0.05) is 46.4 Å². The minimum absolute atomic E-state index is 0.0825. The van der Waals surface area contributed by atoms with E-state index in [1.807, 2.05) is 0 Å². The summed E-state index contributed by atoms with van der Waals surface area (Å²) in [6.45, 7) is -0.907. The molecule has 3 amide bonds. The molecule has 3 aromatic carbocycles. The van der Waals surface area contributed by atoms with Crippen molar-refractivity contribution in [2.24, 2.45) is 0 Å². The number of Topliss-reactive ketones (excluding diaryl/α,β-unsaturated/α-hetero) is 1. The third-order valence-corrected chi connectivity index (χ3v) is 7.38. The maximum absolute atomic E-state index is 13.5. The summed E-state index contributed by atoms with van der Waals surface area (Å²) < 4.78 is 0. The molecule has 4 rings (SSSR count). The van der Waals surface area contributed by atoms with Crippen LogP contribution in [0.2, 0.25) is 20.1 Å². The fraction of sp³-hybridized carbons (Fsp3) is 0.0435. The second-order valence-corrected chi connectivity index (χ2v) is 9.33. The number of nitro benzene ring substituents is 2. The molecule has 0 N–H and O–H groups in total. The van der Waals surface area contributed by atoms with Gasteiger partial charge >= 0.3 is 0 Å². The first-order valence-electron chi connectivity index (χ1n) is 10.4. The molecule has 0 aromatic heterocycles. The third kappa shape index (κ3) is 4.90. The van der Waals surface area contributed by atoms with Crippen LogP contribution >= 0.6 is 46.4 Å². The summed E-state index contributed by atoms with van der Waals surface area (Å²) in [6, 6.07) is 8.53. The number of fused-ring (bicyclic) bond motifs is 1. The van der Waals surface area contributed by atoms with E-state index in [1.165, 1.54) is 0 Å². The second kappa shape index (κ2) is 10.6. The number of hydrogen-bond acceptors (Lipinski definition) is 8. The van der Waals surface area contributed by atoms with Crippen LogP contribution in [0.3, 0.4) is 0 Å². The molecular weight excluding hydrogens is 602 g/mol. The van der Waals surface area contributed by atoms with Crippen molar-refractivity contribution in [1.29, 1.82) is 0 Å². The van der Waals surface area contributed by atoms with Crippen LogP contribution in [0.15, 0.2) is 48.5 Å². The number of hydrogen-bond donors (Lipinski definition) is 0. The van der Waals surface area contributed by atoms with E-state index in [0.717, 1.165) is 48.5 Å². The molecule has 12 nitrogen and oxygen atoms in total. The van der Waals surface area contributed by atoms with Crippen molar-refractivity contribution in [3.05, 3.63) is 111 Å². The molecule has 1 aliphatic rings. The largest absolute Gasteiger partial charge is 0.292 e. The lowest BCUT2D eigenvalue weighted by atomic mass is 10.1. The summed E-state index contributed by atoms with van der Waals surface area (Å²) in [7, 11) is 0. The average Bonchev–Trinajstić information content (AvgIpc) is 3.18. The number of imide groups is 1. The van der Waals surface area contributed by atoms with Crippen LogP contribution < -0.4 is 0 Å². The lowest BCUT2D eigenvalue weighted by Gasteiger charge is -2.29. The van der Waals surface area contributed by atoms with Gasteiger partial charge in [0.1, 0.15) is 6.54 Å². The van der Waals surface area contributed by atoms with Gasteiger partial charge in [-0.25, -0.2) is 5.01 Å². The van der Waals surface area contributed by atoms with Crippen LogP contribution in [0.4, 0.5) is 11.4 Å². The number of nitro groups is 2. The highest BCUT2D eigenvalue weighted by atomic mass is 35.5. The Bertz CT molecular complexity index is 1560. The molecule has 0 unspecified atom stereocenters. The molecule has 0 fully saturated rings. The van der Waals surface area contributed by atoms with Crippen LogP contribution in [0, 0.1) is 20.2 Å². The first-order valence-corrected chi connectivity index (χ1v) is 11.9. The van der Waals surface area contributed by atoms with Crippen molar-refractivity contribution in [3.8, 4) is 0 Å². The van der Waals surface area contributed by atoms with Crippen molar-refractivity contribution in [3.63, 3.8) is 0 Å². The topological polar surface area (TPSA) is 161 Å². The standard InChI is InChI=1S/C23H10Cl4N4O8/c24-17-15-16(18(25)20(27)19(17)26)23(35)29(22(15)34)28(21(33)11-3-7-13(8-4-11)31(38)39)9-14(32)10-1-5-12(6-2-10)30(36)37/h1-8H,9H2. The average molecular weight is 612 g/mol. The monoisotopic (exact) mass is 610 g/mol. The Kier molecular flexibility index (Phi) is 7.57. The molecule has 16 heteroatoms. The molecular formula is C23H10Cl4N4O8. The summed E-state index contributed by atoms with van der Waals surface area (Å²) in [4.78, 5) is 74.0. The van der Waals surface area contributed by atoms with Gasteiger partial charge in [-0.2, -0.15) is 5.01 Å². The fourth-order valence-corrected chi connectivity index (χ4v) is 4.68. The van der Waals surface area contributed by atoms with Gasteiger partial charge in [0.15, 0.2) is 5.78 Å². The van der Waals surface area contributed by atoms with Crippen LogP contribution in [0.5, 0.6) is 0 Å². The van der Waals surface area contributed by atoms with Crippen LogP contribution in [-0.2, 0) is 0 Å². The van der Waals surface area contributed by atoms with Crippen molar-refractivity contribution in [1.82, 2.24) is 10.0 Å². The van der Waals surface area contributed by atoms with E-state index in [1.54, 1.807) is 0 Å². The van der Waals surface area contributed by atoms with E-state index < -0.39 is 61.1 Å². The predicted octanol–water partition coefficient (Wildman–Crippen LogP) is 5.65. The number of carbonyl (C=O) groups excluding carboxylic acids is 4. The Morgan fingerprint density at radius 3 is 1.46 bits per heavy atom. The molecule has 0 atom stereocenters. The summed E-state index contributed by atoms with van der Waals surface area (Å²) in [5.41, 5.74) is -1.86. The number of nitrogens with zero attached hydrogens (tertiary/aromatic N) is 4. The van der Waals surface area contributed by atoms with E-state index >= 15 is 0 Å². The Morgan fingerprint density at radius 2 is 1.08 bits per heavy atom. The zero-order valence-electron chi connectivity index (χ0n) is 18.9. The summed E-state index contributed by atoms with van der Waals surface area (Å²) in [6.07, 6.45) is 0. The van der Waals surface area contributed by atoms with Crippen molar-refractivity contribution in [2.45, 2.75) is 0 Å². The van der Waals surface area contributed by atoms with Crippen molar-refractivity contribution >= 4 is 81.3 Å². The normalized spacial score (nSPS) is 12.4. The lowest BCUT2D eigenvalue weighted by molar-refractivity contribution is -0.385. The molecule has 1 aliphatic heterocycles. The van der Waals surface area contributed by atoms with Gasteiger partial charge in [0.25, 0.3) is 29.1 Å². The molecule has 0 bridgehead atoms. The number of carbonyl (C=O) groups is 4. The van der Waals surface area contributed by atoms with Gasteiger partial charge in [-0.05, 0) is 24.3 Å². The number of halogens is 4. The molecule has 0 saturated carbocycles. The minimum atomic E-state index is -1.15. The second-order valence-electron chi connectivity index (χ2n) is 7.82. The van der Waals surface area contributed by atoms with E-state index in [2.05, 4.69) is 0 Å². The first-order chi connectivity index (χ1) is 18.3. The van der Waals surface area contributed by atoms with E-state index in [-0.39, 0.29) is 32.5 Å². The predicted molar refractivity (Wildman–Crippen MR) is 139 cm³/mol. The number of non-ortho nitro benzene ring substituents is 2. The highest BCUT2D eigenvalue weighted by Crippen LogP contribution is 2.45. The first kappa shape index (κ1) is 27.9. The SMILES string of the molecule is O=C(CN(C(=O)c1ccc([N+](=O)[O-])cc1)N1C(=O)c2c(Cl)c(Cl)c(Cl)c(Cl)c2C1=O)c1ccc([N+](=O)[O-])cc1. The summed E-state index contributed by atoms with van der Waals surface area (Å²) in [5.74, 6) is -4.18. The molecule has 0 aliphatic carbocycles. The minimum Gasteiger partial charge on any atom is -0.292 e. The highest BCUT2D eigenvalue weighted by Gasteiger charge is 2.46. The summed E-state index contributed by atoms with van der Waals surface area (Å²) >= 11 is 24.4. The lowest BCUT2D eigenvalue weighted by Crippen LogP contribution is -2.51. The molecule has 0 spiro atoms. The number of amides is 3. The molecule has 39 heavy (non-hydrogen) atoms. The maximum atomic E-state index is 13.5. The molecule has 3 aromatic rings. The van der Waals surface area contributed by atoms with Crippen molar-refractivity contribution in [2.75, 3.05) is 6.54 Å². The van der Waals surface area contributed by atoms with Gasteiger partial charge in [0, 0.05) is 35.4 Å². The number of ketones is 1. The van der Waals surface area contributed by atoms with Crippen LogP contribution in [0.25, 0.3) is 0 Å². The van der Waals surface area contributed by atoms with Crippen molar-refractivity contribution < 1.29 is 29.0 Å². The van der Waals surface area contributed by atoms with E-state index in [9.17, 15) is 39.4 Å². The smallest absolute Gasteiger partial charge is 0.282 e. The summed E-state index contributed by atoms with van der Waals surface area (Å²) in [5, 5.41) is 21.3. The van der Waals surface area contributed by atoms with Gasteiger partial charge in [0.05, 0.1) is 41.1 Å². The zero-order valence-corrected chi connectivity index (χ0v) is 21.9. The molecule has 198 valence electrons. The van der Waals surface area contributed by atoms with Gasteiger partial charge in [-0.15, -0.1) is 0 Å². The molecule has 0 saturated heterocycles. The van der Waals surface area contributed by atoms with E-state index in [4.69, 9.17) is 46.4 Å². The quantitative estimate of drug-likeness (QED) is 0.0826. The zero-order chi connectivity index (χ0) is 28.8. The number of benzene rings is 3. The molecule has 0 radical (unpaired) electrons. The number of hydrazine groups is 1. The van der Waals surface area contributed by atoms with Gasteiger partial charge < -0.3 is 0 Å². The Labute approximate surface area is 237 Å². The Morgan fingerprint density at radius 1 is 0.692 bits per heavy atom. The number of rotatable bonds is 7. The van der Waals surface area contributed by atoms with E-state index in [0.29, 0.717) is 10.0 Å². The maximum Gasteiger partial charge on any atom is 0.282 e. The Hall–Kier alpha value is -4.10. The Balaban J connectivity index is 1.79. The van der Waals surface area contributed by atoms with Crippen LogP contribution in [-0.4, -0.2) is 49.9 Å². The van der Waals surface area contributed by atoms with Gasteiger partial charge in [-0.3, -0.25) is 39.4 Å². The van der Waals surface area contributed by atoms with Crippen LogP contribution in [0.1, 0.15) is 41.4 Å². The highest BCUT2D eigenvalue weighted by molar-refractivity contribution is 6.55. The molecule has 1 heterocycles.